The molecule has 0 aromatic heterocycles. The molecule has 0 aromatic carbocycles. The van der Waals surface area contributed by atoms with Crippen LogP contribution in [0.15, 0.2) is 0 Å². The molecular formula is C9H13F5O2. The van der Waals surface area contributed by atoms with Crippen molar-refractivity contribution in [3.63, 3.8) is 0 Å². The van der Waals surface area contributed by atoms with Crippen molar-refractivity contribution >= 4 is 5.97 Å². The highest BCUT2D eigenvalue weighted by Crippen LogP contribution is 2.37. The molecule has 0 saturated carbocycles. The van der Waals surface area contributed by atoms with E-state index in [-0.39, 0.29) is 6.42 Å². The van der Waals surface area contributed by atoms with Gasteiger partial charge in [0.05, 0.1) is 5.41 Å². The Hall–Kier alpha value is -0.880. The predicted molar refractivity (Wildman–Crippen MR) is 46.0 cm³/mol. The molecule has 0 heterocycles. The van der Waals surface area contributed by atoms with Crippen molar-refractivity contribution in [2.75, 3.05) is 6.67 Å². The van der Waals surface area contributed by atoms with E-state index in [1.165, 1.54) is 20.8 Å². The lowest BCUT2D eigenvalue weighted by Gasteiger charge is -2.27. The SMILES string of the molecule is CCC(C)(C)C(=O)OC(F)(F)C(F)(F)CF. The average Bonchev–Trinajstić information content (AvgIpc) is 2.16. The summed E-state index contributed by atoms with van der Waals surface area (Å²) in [7, 11) is 0. The van der Waals surface area contributed by atoms with Gasteiger partial charge in [-0.2, -0.15) is 17.6 Å². The van der Waals surface area contributed by atoms with E-state index in [1.807, 2.05) is 0 Å². The van der Waals surface area contributed by atoms with Gasteiger partial charge in [-0.3, -0.25) is 4.79 Å². The number of rotatable bonds is 5. The molecule has 0 N–H and O–H groups in total. The number of ether oxygens (including phenoxy) is 1. The Morgan fingerprint density at radius 1 is 1.19 bits per heavy atom. The fourth-order valence-corrected chi connectivity index (χ4v) is 0.551. The van der Waals surface area contributed by atoms with Crippen molar-refractivity contribution in [2.24, 2.45) is 5.41 Å². The van der Waals surface area contributed by atoms with E-state index in [0.717, 1.165) is 0 Å². The highest BCUT2D eigenvalue weighted by Gasteiger charge is 2.61. The molecule has 0 fully saturated rings. The standard InChI is InChI=1S/C9H13F5O2/c1-4-7(2,3)6(15)16-9(13,14)8(11,12)5-10/h4-5H2,1-3H3. The molecule has 0 rings (SSSR count). The summed E-state index contributed by atoms with van der Waals surface area (Å²) in [5, 5.41) is 0. The van der Waals surface area contributed by atoms with E-state index in [0.29, 0.717) is 0 Å². The second-order valence-electron chi connectivity index (χ2n) is 3.98. The summed E-state index contributed by atoms with van der Waals surface area (Å²) in [6.07, 6.45) is -5.01. The molecular weight excluding hydrogens is 235 g/mol. The van der Waals surface area contributed by atoms with Gasteiger partial charge in [0.15, 0.2) is 6.67 Å². The zero-order valence-corrected chi connectivity index (χ0v) is 9.12. The van der Waals surface area contributed by atoms with Crippen LogP contribution >= 0.6 is 0 Å². The van der Waals surface area contributed by atoms with Crippen LogP contribution in [-0.4, -0.2) is 24.7 Å². The molecule has 0 aliphatic heterocycles. The second kappa shape index (κ2) is 4.55. The largest absolute Gasteiger partial charge is 0.469 e. The summed E-state index contributed by atoms with van der Waals surface area (Å²) >= 11 is 0. The van der Waals surface area contributed by atoms with Crippen LogP contribution < -0.4 is 0 Å². The van der Waals surface area contributed by atoms with E-state index in [1.54, 1.807) is 0 Å². The molecule has 7 heteroatoms. The molecule has 96 valence electrons. The molecule has 0 aromatic rings. The van der Waals surface area contributed by atoms with E-state index in [4.69, 9.17) is 0 Å². The smallest absolute Gasteiger partial charge is 0.396 e. The molecule has 0 radical (unpaired) electrons. The number of halogens is 5. The molecule has 0 aliphatic carbocycles. The molecule has 0 aliphatic rings. The van der Waals surface area contributed by atoms with Gasteiger partial charge in [-0.15, -0.1) is 0 Å². The molecule has 2 nitrogen and oxygen atoms in total. The third-order valence-electron chi connectivity index (χ3n) is 2.25. The number of carbonyl (C=O) groups is 1. The summed E-state index contributed by atoms with van der Waals surface area (Å²) in [6, 6.07) is 0. The third kappa shape index (κ3) is 3.05. The second-order valence-corrected chi connectivity index (χ2v) is 3.98. The summed E-state index contributed by atoms with van der Waals surface area (Å²) < 4.78 is 65.2. The monoisotopic (exact) mass is 248 g/mol. The van der Waals surface area contributed by atoms with Crippen molar-refractivity contribution in [3.05, 3.63) is 0 Å². The zero-order chi connectivity index (χ0) is 13.2. The van der Waals surface area contributed by atoms with Crippen LogP contribution in [0.4, 0.5) is 22.0 Å². The maximum atomic E-state index is 12.7. The first kappa shape index (κ1) is 15.1. The average molecular weight is 248 g/mol. The van der Waals surface area contributed by atoms with Crippen LogP contribution in [-0.2, 0) is 9.53 Å². The molecule has 0 atom stereocenters. The predicted octanol–water partition coefficient (Wildman–Crippen LogP) is 3.16. The van der Waals surface area contributed by atoms with Crippen molar-refractivity contribution < 1.29 is 31.5 Å². The van der Waals surface area contributed by atoms with E-state index < -0.39 is 30.1 Å². The van der Waals surface area contributed by atoms with Crippen molar-refractivity contribution in [1.29, 1.82) is 0 Å². The molecule has 0 amide bonds. The Balaban J connectivity index is 4.80. The number of esters is 1. The maximum absolute atomic E-state index is 12.7. The van der Waals surface area contributed by atoms with Gasteiger partial charge in [-0.05, 0) is 20.3 Å². The fraction of sp³-hybridized carbons (Fsp3) is 0.889. The fourth-order valence-electron chi connectivity index (χ4n) is 0.551. The Labute approximate surface area is 89.8 Å². The molecule has 0 spiro atoms. The van der Waals surface area contributed by atoms with Crippen LogP contribution in [0.25, 0.3) is 0 Å². The van der Waals surface area contributed by atoms with E-state index >= 15 is 0 Å². The highest BCUT2D eigenvalue weighted by molar-refractivity contribution is 5.76. The topological polar surface area (TPSA) is 26.3 Å². The summed E-state index contributed by atoms with van der Waals surface area (Å²) in [6.45, 7) is 1.44. The van der Waals surface area contributed by atoms with E-state index in [9.17, 15) is 26.7 Å². The quantitative estimate of drug-likeness (QED) is 0.551. The first-order chi connectivity index (χ1) is 7.00. The lowest BCUT2D eigenvalue weighted by Crippen LogP contribution is -2.47. The molecule has 0 saturated heterocycles. The Bertz CT molecular complexity index is 263. The molecule has 0 bridgehead atoms. The summed E-state index contributed by atoms with van der Waals surface area (Å²) in [4.78, 5) is 11.1. The van der Waals surface area contributed by atoms with Crippen molar-refractivity contribution in [2.45, 2.75) is 39.2 Å². The number of carbonyl (C=O) groups excluding carboxylic acids is 1. The number of alkyl halides is 5. The first-order valence-electron chi connectivity index (χ1n) is 4.55. The third-order valence-corrected chi connectivity index (χ3v) is 2.25. The van der Waals surface area contributed by atoms with Crippen LogP contribution in [0, 0.1) is 5.41 Å². The van der Waals surface area contributed by atoms with Gasteiger partial charge in [0.25, 0.3) is 0 Å². The maximum Gasteiger partial charge on any atom is 0.469 e. The minimum atomic E-state index is -5.13. The van der Waals surface area contributed by atoms with E-state index in [2.05, 4.69) is 4.74 Å². The summed E-state index contributed by atoms with van der Waals surface area (Å²) in [5.74, 6) is -6.50. The van der Waals surface area contributed by atoms with Gasteiger partial charge >= 0.3 is 18.0 Å². The van der Waals surface area contributed by atoms with Gasteiger partial charge < -0.3 is 4.74 Å². The van der Waals surface area contributed by atoms with Crippen LogP contribution in [0.1, 0.15) is 27.2 Å². The van der Waals surface area contributed by atoms with Gasteiger partial charge in [-0.25, -0.2) is 4.39 Å². The van der Waals surface area contributed by atoms with Gasteiger partial charge in [0.1, 0.15) is 0 Å². The Kier molecular flexibility index (Phi) is 4.30. The minimum Gasteiger partial charge on any atom is -0.396 e. The van der Waals surface area contributed by atoms with Crippen LogP contribution in [0.5, 0.6) is 0 Å². The normalized spacial score (nSPS) is 13.8. The van der Waals surface area contributed by atoms with Gasteiger partial charge in [0, 0.05) is 0 Å². The Morgan fingerprint density at radius 2 is 1.62 bits per heavy atom. The molecule has 16 heavy (non-hydrogen) atoms. The molecule has 0 unspecified atom stereocenters. The highest BCUT2D eigenvalue weighted by atomic mass is 19.3. The number of hydrogen-bond donors (Lipinski definition) is 0. The number of hydrogen-bond acceptors (Lipinski definition) is 2. The van der Waals surface area contributed by atoms with Gasteiger partial charge in [0.2, 0.25) is 0 Å². The lowest BCUT2D eigenvalue weighted by molar-refractivity contribution is -0.336. The van der Waals surface area contributed by atoms with Crippen molar-refractivity contribution in [3.8, 4) is 0 Å². The Morgan fingerprint density at radius 3 is 1.94 bits per heavy atom. The first-order valence-corrected chi connectivity index (χ1v) is 4.55. The van der Waals surface area contributed by atoms with Crippen molar-refractivity contribution in [1.82, 2.24) is 0 Å². The van der Waals surface area contributed by atoms with Crippen LogP contribution in [0.3, 0.4) is 0 Å². The zero-order valence-electron chi connectivity index (χ0n) is 9.12. The summed E-state index contributed by atoms with van der Waals surface area (Å²) in [5.41, 5.74) is -1.32. The lowest BCUT2D eigenvalue weighted by atomic mass is 9.91. The van der Waals surface area contributed by atoms with Gasteiger partial charge in [-0.1, -0.05) is 6.92 Å². The minimum absolute atomic E-state index is 0.128. The van der Waals surface area contributed by atoms with Crippen LogP contribution in [0.2, 0.25) is 0 Å².